The molecule has 0 aliphatic carbocycles. The number of anilines is 4. The summed E-state index contributed by atoms with van der Waals surface area (Å²) in [5.74, 6) is 0. The van der Waals surface area contributed by atoms with Crippen LogP contribution in [0.25, 0.3) is 0 Å². The van der Waals surface area contributed by atoms with Crippen molar-refractivity contribution in [1.29, 1.82) is 0 Å². The Morgan fingerprint density at radius 1 is 1.06 bits per heavy atom. The molecule has 3 nitrogen and oxygen atoms in total. The molecule has 2 rings (SSSR count). The van der Waals surface area contributed by atoms with Crippen LogP contribution in [0.4, 0.5) is 22.7 Å². The van der Waals surface area contributed by atoms with E-state index in [0.717, 1.165) is 17.1 Å². The van der Waals surface area contributed by atoms with Gasteiger partial charge in [0, 0.05) is 36.8 Å². The molecule has 18 heavy (non-hydrogen) atoms. The average molecular weight is 241 g/mol. The highest BCUT2D eigenvalue weighted by molar-refractivity contribution is 5.69. The van der Waals surface area contributed by atoms with E-state index >= 15 is 0 Å². The van der Waals surface area contributed by atoms with E-state index in [1.54, 1.807) is 0 Å². The van der Waals surface area contributed by atoms with Crippen molar-refractivity contribution in [1.82, 2.24) is 0 Å². The maximum absolute atomic E-state index is 5.81. The van der Waals surface area contributed by atoms with Crippen molar-refractivity contribution in [2.45, 2.75) is 6.92 Å². The normalized spacial score (nSPS) is 10.2. The molecule has 0 atom stereocenters. The molecular formula is C15H19N3. The van der Waals surface area contributed by atoms with E-state index in [2.05, 4.69) is 35.3 Å². The standard InChI is InChI=1S/C15H19N3/c1-11-7-8-12(16)9-15(11)17-13-5-4-6-14(10-13)18(2)3/h4-10,17H,16H2,1-3H3. The molecule has 0 aromatic heterocycles. The maximum atomic E-state index is 5.81. The van der Waals surface area contributed by atoms with Gasteiger partial charge in [-0.1, -0.05) is 12.1 Å². The number of rotatable bonds is 3. The summed E-state index contributed by atoms with van der Waals surface area (Å²) in [6, 6.07) is 14.2. The van der Waals surface area contributed by atoms with E-state index in [0.29, 0.717) is 0 Å². The number of aryl methyl sites for hydroxylation is 1. The number of nitrogens with zero attached hydrogens (tertiary/aromatic N) is 1. The van der Waals surface area contributed by atoms with E-state index in [-0.39, 0.29) is 0 Å². The summed E-state index contributed by atoms with van der Waals surface area (Å²) in [7, 11) is 4.07. The van der Waals surface area contributed by atoms with Gasteiger partial charge < -0.3 is 16.0 Å². The number of benzene rings is 2. The van der Waals surface area contributed by atoms with E-state index in [9.17, 15) is 0 Å². The zero-order chi connectivity index (χ0) is 13.1. The largest absolute Gasteiger partial charge is 0.399 e. The predicted molar refractivity (Wildman–Crippen MR) is 79.6 cm³/mol. The Labute approximate surface area is 108 Å². The van der Waals surface area contributed by atoms with Gasteiger partial charge in [0.1, 0.15) is 0 Å². The minimum Gasteiger partial charge on any atom is -0.399 e. The van der Waals surface area contributed by atoms with Crippen molar-refractivity contribution < 1.29 is 0 Å². The summed E-state index contributed by atoms with van der Waals surface area (Å²) in [5, 5.41) is 3.40. The molecular weight excluding hydrogens is 222 g/mol. The smallest absolute Gasteiger partial charge is 0.0434 e. The zero-order valence-electron chi connectivity index (χ0n) is 11.1. The Morgan fingerprint density at radius 2 is 1.83 bits per heavy atom. The van der Waals surface area contributed by atoms with Crippen LogP contribution in [0.15, 0.2) is 42.5 Å². The van der Waals surface area contributed by atoms with Gasteiger partial charge in [-0.05, 0) is 42.8 Å². The molecule has 2 aromatic rings. The van der Waals surface area contributed by atoms with Crippen LogP contribution >= 0.6 is 0 Å². The first kappa shape index (κ1) is 12.3. The molecule has 0 bridgehead atoms. The van der Waals surface area contributed by atoms with E-state index in [4.69, 9.17) is 5.73 Å². The van der Waals surface area contributed by atoms with Gasteiger partial charge in [-0.3, -0.25) is 0 Å². The van der Waals surface area contributed by atoms with Crippen LogP contribution in [0.5, 0.6) is 0 Å². The van der Waals surface area contributed by atoms with Crippen LogP contribution in [0.1, 0.15) is 5.56 Å². The summed E-state index contributed by atoms with van der Waals surface area (Å²) in [6.07, 6.45) is 0. The molecule has 2 aromatic carbocycles. The highest BCUT2D eigenvalue weighted by atomic mass is 15.1. The van der Waals surface area contributed by atoms with Gasteiger partial charge in [0.15, 0.2) is 0 Å². The van der Waals surface area contributed by atoms with Crippen molar-refractivity contribution >= 4 is 22.7 Å². The van der Waals surface area contributed by atoms with Gasteiger partial charge in [-0.25, -0.2) is 0 Å². The lowest BCUT2D eigenvalue weighted by atomic mass is 10.1. The molecule has 0 fully saturated rings. The van der Waals surface area contributed by atoms with Gasteiger partial charge >= 0.3 is 0 Å². The van der Waals surface area contributed by atoms with Gasteiger partial charge in [0.25, 0.3) is 0 Å². The minimum atomic E-state index is 0.770. The fraction of sp³-hybridized carbons (Fsp3) is 0.200. The predicted octanol–water partition coefficient (Wildman–Crippen LogP) is 3.39. The second-order valence-electron chi connectivity index (χ2n) is 4.64. The number of nitrogen functional groups attached to an aromatic ring is 1. The Hall–Kier alpha value is -2.16. The fourth-order valence-corrected chi connectivity index (χ4v) is 1.79. The van der Waals surface area contributed by atoms with Crippen molar-refractivity contribution in [3.63, 3.8) is 0 Å². The fourth-order valence-electron chi connectivity index (χ4n) is 1.79. The van der Waals surface area contributed by atoms with Gasteiger partial charge in [-0.2, -0.15) is 0 Å². The summed E-state index contributed by atoms with van der Waals surface area (Å²) >= 11 is 0. The molecule has 0 saturated heterocycles. The first-order chi connectivity index (χ1) is 8.56. The highest BCUT2D eigenvalue weighted by Crippen LogP contribution is 2.25. The molecule has 0 radical (unpaired) electrons. The van der Waals surface area contributed by atoms with Crippen LogP contribution < -0.4 is 16.0 Å². The Balaban J connectivity index is 2.28. The van der Waals surface area contributed by atoms with E-state index < -0.39 is 0 Å². The number of nitrogens with one attached hydrogen (secondary N) is 1. The van der Waals surface area contributed by atoms with E-state index in [1.165, 1.54) is 11.3 Å². The maximum Gasteiger partial charge on any atom is 0.0434 e. The van der Waals surface area contributed by atoms with Gasteiger partial charge in [0.05, 0.1) is 0 Å². The van der Waals surface area contributed by atoms with Crippen LogP contribution in [0, 0.1) is 6.92 Å². The van der Waals surface area contributed by atoms with Crippen LogP contribution in [0.2, 0.25) is 0 Å². The summed E-state index contributed by atoms with van der Waals surface area (Å²) in [5.41, 5.74) is 11.0. The van der Waals surface area contributed by atoms with Gasteiger partial charge in [0.2, 0.25) is 0 Å². The van der Waals surface area contributed by atoms with Crippen molar-refractivity contribution in [2.75, 3.05) is 30.0 Å². The average Bonchev–Trinajstić information content (AvgIpc) is 2.34. The lowest BCUT2D eigenvalue weighted by molar-refractivity contribution is 1.13. The molecule has 0 heterocycles. The molecule has 0 aliphatic heterocycles. The van der Waals surface area contributed by atoms with Gasteiger partial charge in [-0.15, -0.1) is 0 Å². The first-order valence-electron chi connectivity index (χ1n) is 5.97. The monoisotopic (exact) mass is 241 g/mol. The third-order valence-corrected chi connectivity index (χ3v) is 2.90. The second-order valence-corrected chi connectivity index (χ2v) is 4.64. The SMILES string of the molecule is Cc1ccc(N)cc1Nc1cccc(N(C)C)c1. The lowest BCUT2D eigenvalue weighted by Gasteiger charge is -2.15. The van der Waals surface area contributed by atoms with Crippen LogP contribution in [-0.4, -0.2) is 14.1 Å². The third-order valence-electron chi connectivity index (χ3n) is 2.90. The molecule has 0 unspecified atom stereocenters. The minimum absolute atomic E-state index is 0.770. The topological polar surface area (TPSA) is 41.3 Å². The van der Waals surface area contributed by atoms with E-state index in [1.807, 2.05) is 38.4 Å². The van der Waals surface area contributed by atoms with Crippen LogP contribution in [0.3, 0.4) is 0 Å². The van der Waals surface area contributed by atoms with Crippen LogP contribution in [-0.2, 0) is 0 Å². The molecule has 0 saturated carbocycles. The van der Waals surface area contributed by atoms with Crippen molar-refractivity contribution in [2.24, 2.45) is 0 Å². The lowest BCUT2D eigenvalue weighted by Crippen LogP contribution is -2.08. The third kappa shape index (κ3) is 2.74. The second kappa shape index (κ2) is 5.00. The summed E-state index contributed by atoms with van der Waals surface area (Å²) in [4.78, 5) is 2.08. The Morgan fingerprint density at radius 3 is 2.56 bits per heavy atom. The zero-order valence-corrected chi connectivity index (χ0v) is 11.1. The number of nitrogens with two attached hydrogens (primary N) is 1. The molecule has 94 valence electrons. The quantitative estimate of drug-likeness (QED) is 0.809. The number of hydrogen-bond acceptors (Lipinski definition) is 3. The molecule has 3 N–H and O–H groups in total. The summed E-state index contributed by atoms with van der Waals surface area (Å²) in [6.45, 7) is 2.07. The molecule has 0 spiro atoms. The summed E-state index contributed by atoms with van der Waals surface area (Å²) < 4.78 is 0. The Kier molecular flexibility index (Phi) is 3.42. The van der Waals surface area contributed by atoms with Crippen molar-refractivity contribution in [3.05, 3.63) is 48.0 Å². The first-order valence-corrected chi connectivity index (χ1v) is 5.97. The number of hydrogen-bond donors (Lipinski definition) is 2. The molecule has 0 aliphatic rings. The van der Waals surface area contributed by atoms with Crippen molar-refractivity contribution in [3.8, 4) is 0 Å². The molecule has 0 amide bonds. The highest BCUT2D eigenvalue weighted by Gasteiger charge is 2.01. The molecule has 3 heteroatoms. The Bertz CT molecular complexity index is 547.